The number of nitrogens with zero attached hydrogens (tertiary/aromatic N) is 2. The number of rotatable bonds is 3. The number of furan rings is 1. The van der Waals surface area contributed by atoms with Crippen molar-refractivity contribution < 1.29 is 9.21 Å². The minimum Gasteiger partial charge on any atom is -0.465 e. The smallest absolute Gasteiger partial charge is 0.271 e. The molecule has 0 fully saturated rings. The van der Waals surface area contributed by atoms with Crippen LogP contribution in [0.1, 0.15) is 22.0 Å². The van der Waals surface area contributed by atoms with Crippen LogP contribution in [0.15, 0.2) is 28.9 Å². The molecular weight excluding hydrogens is 242 g/mol. The van der Waals surface area contributed by atoms with Gasteiger partial charge in [-0.05, 0) is 19.1 Å². The minimum absolute atomic E-state index is 0.181. The summed E-state index contributed by atoms with van der Waals surface area (Å²) in [4.78, 5) is 19.3. The minimum atomic E-state index is -0.339. The van der Waals surface area contributed by atoms with Crippen LogP contribution in [-0.4, -0.2) is 15.9 Å². The van der Waals surface area contributed by atoms with Crippen LogP contribution in [0.3, 0.4) is 0 Å². The van der Waals surface area contributed by atoms with Crippen molar-refractivity contribution in [3.05, 3.63) is 46.9 Å². The highest BCUT2D eigenvalue weighted by Gasteiger charge is 2.08. The third-order valence-corrected chi connectivity index (χ3v) is 2.24. The summed E-state index contributed by atoms with van der Waals surface area (Å²) in [5.41, 5.74) is 0.181. The Balaban J connectivity index is 1.98. The third kappa shape index (κ3) is 3.04. The molecule has 1 amide bonds. The Morgan fingerprint density at radius 1 is 1.47 bits per heavy atom. The van der Waals surface area contributed by atoms with Gasteiger partial charge >= 0.3 is 0 Å². The Bertz CT molecular complexity index is 539. The van der Waals surface area contributed by atoms with Crippen molar-refractivity contribution in [1.29, 1.82) is 0 Å². The van der Waals surface area contributed by atoms with E-state index in [4.69, 9.17) is 16.0 Å². The molecule has 17 heavy (non-hydrogen) atoms. The Hall–Kier alpha value is -1.88. The van der Waals surface area contributed by atoms with Gasteiger partial charge in [0.05, 0.1) is 18.9 Å². The van der Waals surface area contributed by atoms with Gasteiger partial charge in [-0.3, -0.25) is 9.78 Å². The van der Waals surface area contributed by atoms with E-state index in [1.807, 2.05) is 13.0 Å². The summed E-state index contributed by atoms with van der Waals surface area (Å²) in [6.45, 7) is 2.15. The summed E-state index contributed by atoms with van der Waals surface area (Å²) in [5.74, 6) is 1.15. The molecule has 0 aliphatic heterocycles. The third-order valence-electron chi connectivity index (χ3n) is 2.06. The van der Waals surface area contributed by atoms with E-state index in [9.17, 15) is 4.79 Å². The summed E-state index contributed by atoms with van der Waals surface area (Å²) < 4.78 is 5.32. The number of halogens is 1. The Kier molecular flexibility index (Phi) is 3.39. The lowest BCUT2D eigenvalue weighted by Gasteiger charge is -2.02. The lowest BCUT2D eigenvalue weighted by Crippen LogP contribution is -2.23. The molecule has 2 aromatic heterocycles. The lowest BCUT2D eigenvalue weighted by atomic mass is 10.4. The number of carbonyl (C=O) groups is 1. The fraction of sp³-hybridized carbons (Fsp3) is 0.182. The van der Waals surface area contributed by atoms with Gasteiger partial charge in [-0.15, -0.1) is 0 Å². The van der Waals surface area contributed by atoms with Crippen LogP contribution >= 0.6 is 11.6 Å². The van der Waals surface area contributed by atoms with E-state index in [0.717, 1.165) is 5.76 Å². The van der Waals surface area contributed by atoms with E-state index in [1.165, 1.54) is 12.4 Å². The highest BCUT2D eigenvalue weighted by atomic mass is 35.5. The van der Waals surface area contributed by atoms with Crippen LogP contribution in [0, 0.1) is 6.92 Å². The Labute approximate surface area is 103 Å². The predicted molar refractivity (Wildman–Crippen MR) is 61.7 cm³/mol. The van der Waals surface area contributed by atoms with Gasteiger partial charge in [-0.25, -0.2) is 4.98 Å². The predicted octanol–water partition coefficient (Wildman–Crippen LogP) is 1.96. The van der Waals surface area contributed by atoms with Crippen molar-refractivity contribution in [2.24, 2.45) is 0 Å². The highest BCUT2D eigenvalue weighted by molar-refractivity contribution is 6.29. The average molecular weight is 252 g/mol. The van der Waals surface area contributed by atoms with Gasteiger partial charge in [0.25, 0.3) is 5.91 Å². The normalized spacial score (nSPS) is 10.2. The first-order valence-electron chi connectivity index (χ1n) is 4.96. The van der Waals surface area contributed by atoms with E-state index >= 15 is 0 Å². The maximum Gasteiger partial charge on any atom is 0.271 e. The van der Waals surface area contributed by atoms with E-state index in [0.29, 0.717) is 12.3 Å². The van der Waals surface area contributed by atoms with Gasteiger partial charge in [0.1, 0.15) is 22.4 Å². The van der Waals surface area contributed by atoms with Crippen molar-refractivity contribution in [2.75, 3.05) is 0 Å². The van der Waals surface area contributed by atoms with Gasteiger partial charge in [0, 0.05) is 0 Å². The molecule has 0 saturated heterocycles. The number of aryl methyl sites for hydroxylation is 1. The molecule has 5 nitrogen and oxygen atoms in total. The topological polar surface area (TPSA) is 68.0 Å². The fourth-order valence-electron chi connectivity index (χ4n) is 1.29. The molecule has 2 heterocycles. The van der Waals surface area contributed by atoms with Crippen molar-refractivity contribution >= 4 is 17.5 Å². The summed E-state index contributed by atoms with van der Waals surface area (Å²) >= 11 is 5.64. The maximum atomic E-state index is 11.7. The molecule has 0 spiro atoms. The van der Waals surface area contributed by atoms with Crippen molar-refractivity contribution in [1.82, 2.24) is 15.3 Å². The van der Waals surface area contributed by atoms with Gasteiger partial charge < -0.3 is 9.73 Å². The molecule has 0 atom stereocenters. The van der Waals surface area contributed by atoms with Crippen LogP contribution in [0.4, 0.5) is 0 Å². The molecule has 0 aliphatic carbocycles. The van der Waals surface area contributed by atoms with Crippen molar-refractivity contribution in [3.8, 4) is 0 Å². The zero-order valence-electron chi connectivity index (χ0n) is 9.11. The molecule has 6 heteroatoms. The average Bonchev–Trinajstić information content (AvgIpc) is 2.72. The van der Waals surface area contributed by atoms with Crippen LogP contribution in [0.5, 0.6) is 0 Å². The van der Waals surface area contributed by atoms with Gasteiger partial charge in [-0.2, -0.15) is 0 Å². The van der Waals surface area contributed by atoms with Crippen LogP contribution in [0.25, 0.3) is 0 Å². The molecule has 2 rings (SSSR count). The monoisotopic (exact) mass is 251 g/mol. The molecular formula is C11H10ClN3O2. The lowest BCUT2D eigenvalue weighted by molar-refractivity contribution is 0.0942. The van der Waals surface area contributed by atoms with Crippen molar-refractivity contribution in [3.63, 3.8) is 0 Å². The van der Waals surface area contributed by atoms with E-state index in [1.54, 1.807) is 6.07 Å². The number of aromatic nitrogens is 2. The number of amides is 1. The van der Waals surface area contributed by atoms with Gasteiger partial charge in [0.2, 0.25) is 0 Å². The Morgan fingerprint density at radius 2 is 2.29 bits per heavy atom. The maximum absolute atomic E-state index is 11.7. The van der Waals surface area contributed by atoms with Crippen LogP contribution in [-0.2, 0) is 6.54 Å². The van der Waals surface area contributed by atoms with Crippen LogP contribution in [0.2, 0.25) is 5.15 Å². The fourth-order valence-corrected chi connectivity index (χ4v) is 1.44. The molecule has 0 aromatic carbocycles. The largest absolute Gasteiger partial charge is 0.465 e. The molecule has 0 aliphatic rings. The quantitative estimate of drug-likeness (QED) is 0.906. The summed E-state index contributed by atoms with van der Waals surface area (Å²) in [6, 6.07) is 3.64. The summed E-state index contributed by atoms with van der Waals surface area (Å²) in [6.07, 6.45) is 2.73. The number of nitrogens with one attached hydrogen (secondary N) is 1. The van der Waals surface area contributed by atoms with Crippen molar-refractivity contribution in [2.45, 2.75) is 13.5 Å². The Morgan fingerprint density at radius 3 is 2.94 bits per heavy atom. The zero-order chi connectivity index (χ0) is 12.3. The first-order chi connectivity index (χ1) is 8.15. The second kappa shape index (κ2) is 4.97. The van der Waals surface area contributed by atoms with E-state index in [-0.39, 0.29) is 16.8 Å². The number of hydrogen-bond acceptors (Lipinski definition) is 4. The van der Waals surface area contributed by atoms with Gasteiger partial charge in [-0.1, -0.05) is 11.6 Å². The van der Waals surface area contributed by atoms with Crippen LogP contribution < -0.4 is 5.32 Å². The summed E-state index contributed by atoms with van der Waals surface area (Å²) in [7, 11) is 0. The molecule has 0 radical (unpaired) electrons. The first-order valence-corrected chi connectivity index (χ1v) is 5.34. The van der Waals surface area contributed by atoms with E-state index < -0.39 is 0 Å². The number of carbonyl (C=O) groups excluding carboxylic acids is 1. The highest BCUT2D eigenvalue weighted by Crippen LogP contribution is 2.06. The molecule has 2 aromatic rings. The first kappa shape index (κ1) is 11.6. The molecule has 88 valence electrons. The standard InChI is InChI=1S/C11H10ClN3O2/c1-7-2-3-8(17-7)4-14-11(16)9-5-13-6-10(12)15-9/h2-3,5-6H,4H2,1H3,(H,14,16). The SMILES string of the molecule is Cc1ccc(CNC(=O)c2cncc(Cl)n2)o1. The van der Waals surface area contributed by atoms with Gasteiger partial charge in [0.15, 0.2) is 0 Å². The second-order valence-electron chi connectivity index (χ2n) is 3.42. The number of hydrogen-bond donors (Lipinski definition) is 1. The molecule has 1 N–H and O–H groups in total. The molecule has 0 bridgehead atoms. The van der Waals surface area contributed by atoms with E-state index in [2.05, 4.69) is 15.3 Å². The zero-order valence-corrected chi connectivity index (χ0v) is 9.86. The molecule has 0 unspecified atom stereocenters. The second-order valence-corrected chi connectivity index (χ2v) is 3.81. The summed E-state index contributed by atoms with van der Waals surface area (Å²) in [5, 5.41) is 2.85. The molecule has 0 saturated carbocycles.